The number of ether oxygens (including phenoxy) is 2. The third-order valence-corrected chi connectivity index (χ3v) is 13.7. The van der Waals surface area contributed by atoms with E-state index in [4.69, 9.17) is 14.5 Å². The number of carboxylic acids is 1. The molecule has 2 aromatic carbocycles. The maximum absolute atomic E-state index is 14.8. The van der Waals surface area contributed by atoms with Gasteiger partial charge < -0.3 is 35.4 Å². The molecule has 0 bridgehead atoms. The number of aromatic nitrogens is 1. The molecule has 1 aliphatic carbocycles. The smallest absolute Gasteiger partial charge is 0.330 e. The van der Waals surface area contributed by atoms with Crippen LogP contribution in [0.5, 0.6) is 11.5 Å². The van der Waals surface area contributed by atoms with Gasteiger partial charge in [0.2, 0.25) is 21.8 Å². The number of fused-ring (bicyclic) bond motifs is 3. The number of carboxylic acid groups (broad SMARTS) is 1. The fourth-order valence-electron chi connectivity index (χ4n) is 7.97. The van der Waals surface area contributed by atoms with Crippen LogP contribution in [0.3, 0.4) is 0 Å². The molecular weight excluding hydrogens is 789 g/mol. The molecule has 1 aromatic heterocycles. The van der Waals surface area contributed by atoms with Crippen LogP contribution in [0.4, 0.5) is 4.79 Å². The lowest BCUT2D eigenvalue weighted by Gasteiger charge is -2.35. The number of sulfonamides is 1. The van der Waals surface area contributed by atoms with Crippen molar-refractivity contribution in [2.24, 2.45) is 11.3 Å². The number of urea groups is 1. The lowest BCUT2D eigenvalue weighted by molar-refractivity contribution is -0.145. The number of pyridine rings is 1. The third kappa shape index (κ3) is 10.0. The number of likely N-dealkylation sites (N-methyl/N-ethyl adjacent to an activating group) is 1. The molecule has 0 spiro atoms. The van der Waals surface area contributed by atoms with Gasteiger partial charge in [0, 0.05) is 55.1 Å². The Morgan fingerprint density at radius 1 is 1.10 bits per heavy atom. The van der Waals surface area contributed by atoms with Crippen molar-refractivity contribution in [1.29, 1.82) is 0 Å². The van der Waals surface area contributed by atoms with Crippen LogP contribution < -0.4 is 25.4 Å². The predicted molar refractivity (Wildman–Crippen MR) is 228 cm³/mol. The minimum Gasteiger partial charge on any atom is -0.497 e. The Hall–Kier alpha value is -5.22. The second-order valence-corrected chi connectivity index (χ2v) is 19.5. The van der Waals surface area contributed by atoms with E-state index in [9.17, 15) is 32.7 Å². The van der Waals surface area contributed by atoms with Gasteiger partial charge in [-0.15, -0.1) is 0 Å². The first-order valence-corrected chi connectivity index (χ1v) is 22.3. The number of rotatable bonds is 11. The summed E-state index contributed by atoms with van der Waals surface area (Å²) in [5.41, 5.74) is 0.0644. The molecule has 3 aliphatic rings. The summed E-state index contributed by atoms with van der Waals surface area (Å²) in [7, 11) is -0.498. The zero-order valence-corrected chi connectivity index (χ0v) is 36.1. The number of nitrogens with one attached hydrogen (secondary N) is 3. The molecule has 3 heterocycles. The number of carbonyl (C=O) groups excluding carboxylic acids is 3. The van der Waals surface area contributed by atoms with Crippen molar-refractivity contribution in [1.82, 2.24) is 30.1 Å². The monoisotopic (exact) mass is 846 g/mol. The number of nitrogens with zero attached hydrogens (tertiary/aromatic N) is 3. The minimum atomic E-state index is -3.54. The molecule has 4 amide bonds. The van der Waals surface area contributed by atoms with E-state index in [2.05, 4.69) is 16.0 Å². The molecule has 2 fully saturated rings. The number of aliphatic carboxylic acids is 1. The first-order chi connectivity index (χ1) is 28.4. The summed E-state index contributed by atoms with van der Waals surface area (Å²) < 4.78 is 38.7. The van der Waals surface area contributed by atoms with Crippen molar-refractivity contribution in [3.63, 3.8) is 0 Å². The molecule has 16 heteroatoms. The van der Waals surface area contributed by atoms with Gasteiger partial charge in [0.1, 0.15) is 35.2 Å². The number of hydrogen-bond donors (Lipinski definition) is 4. The first-order valence-electron chi connectivity index (χ1n) is 20.7. The molecule has 2 aliphatic heterocycles. The van der Waals surface area contributed by atoms with E-state index >= 15 is 0 Å². The van der Waals surface area contributed by atoms with Crippen LogP contribution in [0.15, 0.2) is 66.7 Å². The van der Waals surface area contributed by atoms with Crippen LogP contribution in [0.25, 0.3) is 22.2 Å². The number of carbonyl (C=O) groups is 4. The lowest BCUT2D eigenvalue weighted by atomic mass is 9.87. The van der Waals surface area contributed by atoms with Crippen LogP contribution in [0.2, 0.25) is 0 Å². The molecule has 6 rings (SSSR count). The van der Waals surface area contributed by atoms with Crippen LogP contribution in [-0.2, 0) is 24.4 Å². The standard InChI is InChI=1S/C44H58N6O9S/c1-7-60(56,57)49(5)27-38(43(2,3)4)47-42(55)46-33-19-15-10-8-9-14-18-29-25-44(29,41(53)54)48-39(51)36-23-31(26-50(36)40(33)52)59-37-24-34(28-16-12-11-13-17-28)45-35-22-30(58-6)20-21-32(35)37/h11-14,16-18,20-22,24,29,31,33,36,38H,7-10,15,19,23,25-27H2,1-6H3,(H,48,51)(H,53,54)(H2,46,47,55)/t29?,31-,33+,36+,38?,44-/m1/s1. The molecule has 324 valence electrons. The van der Waals surface area contributed by atoms with Gasteiger partial charge >= 0.3 is 12.0 Å². The number of hydrogen-bond acceptors (Lipinski definition) is 9. The fourth-order valence-corrected chi connectivity index (χ4v) is 8.79. The molecule has 6 atom stereocenters. The van der Waals surface area contributed by atoms with Crippen molar-refractivity contribution in [3.05, 3.63) is 66.7 Å². The Morgan fingerprint density at radius 2 is 1.85 bits per heavy atom. The van der Waals surface area contributed by atoms with E-state index in [1.807, 2.05) is 81.5 Å². The van der Waals surface area contributed by atoms with Gasteiger partial charge in [0.25, 0.3) is 0 Å². The van der Waals surface area contributed by atoms with Gasteiger partial charge in [-0.25, -0.2) is 27.3 Å². The zero-order chi connectivity index (χ0) is 43.4. The Morgan fingerprint density at radius 3 is 2.53 bits per heavy atom. The Kier molecular flexibility index (Phi) is 13.4. The summed E-state index contributed by atoms with van der Waals surface area (Å²) in [6.07, 6.45) is 6.47. The average molecular weight is 847 g/mol. The van der Waals surface area contributed by atoms with E-state index < -0.39 is 74.9 Å². The number of benzene rings is 2. The molecule has 2 unspecified atom stereocenters. The van der Waals surface area contributed by atoms with Crippen LogP contribution in [0.1, 0.15) is 72.6 Å². The minimum absolute atomic E-state index is 0.0153. The van der Waals surface area contributed by atoms with Crippen LogP contribution in [0, 0.1) is 11.3 Å². The molecular formula is C44H58N6O9S. The summed E-state index contributed by atoms with van der Waals surface area (Å²) in [5, 5.41) is 19.6. The van der Waals surface area contributed by atoms with Gasteiger partial charge in [-0.1, -0.05) is 76.1 Å². The van der Waals surface area contributed by atoms with Crippen molar-refractivity contribution in [2.75, 3.05) is 33.0 Å². The molecule has 15 nitrogen and oxygen atoms in total. The maximum Gasteiger partial charge on any atom is 0.330 e. The number of allylic oxidation sites excluding steroid dienone is 1. The van der Waals surface area contributed by atoms with Gasteiger partial charge in [0.15, 0.2) is 0 Å². The van der Waals surface area contributed by atoms with Gasteiger partial charge in [-0.3, -0.25) is 9.59 Å². The van der Waals surface area contributed by atoms with Crippen LogP contribution >= 0.6 is 0 Å². The largest absolute Gasteiger partial charge is 0.497 e. The second-order valence-electron chi connectivity index (χ2n) is 17.1. The van der Waals surface area contributed by atoms with Gasteiger partial charge in [-0.05, 0) is 50.2 Å². The van der Waals surface area contributed by atoms with Crippen molar-refractivity contribution in [3.8, 4) is 22.8 Å². The Bertz CT molecular complexity index is 2210. The molecule has 1 saturated heterocycles. The van der Waals surface area contributed by atoms with E-state index in [-0.39, 0.29) is 38.1 Å². The summed E-state index contributed by atoms with van der Waals surface area (Å²) in [4.78, 5) is 61.9. The third-order valence-electron chi connectivity index (χ3n) is 11.9. The highest BCUT2D eigenvalue weighted by Crippen LogP contribution is 2.45. The molecule has 1 saturated carbocycles. The maximum atomic E-state index is 14.8. The Labute approximate surface area is 352 Å². The van der Waals surface area contributed by atoms with Crippen molar-refractivity contribution in [2.45, 2.75) is 102 Å². The van der Waals surface area contributed by atoms with E-state index in [0.29, 0.717) is 40.9 Å². The zero-order valence-electron chi connectivity index (χ0n) is 35.3. The average Bonchev–Trinajstić information content (AvgIpc) is 3.75. The Balaban J connectivity index is 1.32. The van der Waals surface area contributed by atoms with E-state index in [0.717, 1.165) is 18.4 Å². The van der Waals surface area contributed by atoms with Crippen molar-refractivity contribution >= 4 is 44.7 Å². The van der Waals surface area contributed by atoms with Gasteiger partial charge in [-0.2, -0.15) is 0 Å². The quantitative estimate of drug-likeness (QED) is 0.189. The summed E-state index contributed by atoms with van der Waals surface area (Å²) >= 11 is 0. The van der Waals surface area contributed by atoms with E-state index in [1.54, 1.807) is 20.1 Å². The van der Waals surface area contributed by atoms with Crippen LogP contribution in [-0.4, -0.2) is 114 Å². The van der Waals surface area contributed by atoms with E-state index in [1.165, 1.54) is 16.3 Å². The molecule has 4 N–H and O–H groups in total. The topological polar surface area (TPSA) is 197 Å². The molecule has 0 radical (unpaired) electrons. The SMILES string of the molecule is CCS(=O)(=O)N(C)CC(NC(=O)N[C@H]1CCCCCC=CC2C[C@@]2(C(=O)O)NC(=O)[C@@H]2C[C@@H](Oc3cc(-c4ccccc4)nc4cc(OC)ccc34)CN2C1=O)C(C)(C)C. The fraction of sp³-hybridized carbons (Fsp3) is 0.523. The van der Waals surface area contributed by atoms with Gasteiger partial charge in [0.05, 0.1) is 30.6 Å². The number of methoxy groups -OCH3 is 1. The number of amides is 4. The normalized spacial score (nSPS) is 24.4. The molecule has 3 aromatic rings. The highest BCUT2D eigenvalue weighted by molar-refractivity contribution is 7.89. The molecule has 60 heavy (non-hydrogen) atoms. The van der Waals surface area contributed by atoms with Crippen molar-refractivity contribution < 1.29 is 42.2 Å². The first kappa shape index (κ1) is 44.3. The summed E-state index contributed by atoms with van der Waals surface area (Å²) in [6, 6.07) is 13.4. The highest BCUT2D eigenvalue weighted by Gasteiger charge is 2.61. The summed E-state index contributed by atoms with van der Waals surface area (Å²) in [5.74, 6) is -1.67. The highest BCUT2D eigenvalue weighted by atomic mass is 32.2. The second kappa shape index (κ2) is 18.2. The predicted octanol–water partition coefficient (Wildman–Crippen LogP) is 5.10. The lowest BCUT2D eigenvalue weighted by Crippen LogP contribution is -2.59. The summed E-state index contributed by atoms with van der Waals surface area (Å²) in [6.45, 7) is 7.22.